The molecular formula is C22H16FN5O. The van der Waals surface area contributed by atoms with Gasteiger partial charge in [0.25, 0.3) is 5.91 Å². The second-order valence-corrected chi connectivity index (χ2v) is 6.24. The molecule has 1 heterocycles. The third-order valence-electron chi connectivity index (χ3n) is 4.25. The molecule has 0 fully saturated rings. The average molecular weight is 385 g/mol. The number of benzene rings is 3. The fourth-order valence-electron chi connectivity index (χ4n) is 2.84. The van der Waals surface area contributed by atoms with E-state index in [0.29, 0.717) is 11.5 Å². The molecule has 2 N–H and O–H groups in total. The number of rotatable bonds is 5. The molecule has 0 saturated heterocycles. The molecule has 4 rings (SSSR count). The first-order valence-electron chi connectivity index (χ1n) is 8.87. The number of tetrazole rings is 1. The number of carbonyl (C=O) groups excluding carboxylic acids is 1. The number of halogens is 1. The molecule has 4 aromatic rings. The number of nitrogens with zero attached hydrogens (tertiary/aromatic N) is 3. The van der Waals surface area contributed by atoms with Crippen LogP contribution in [0.2, 0.25) is 0 Å². The van der Waals surface area contributed by atoms with Crippen LogP contribution in [0.25, 0.3) is 23.3 Å². The number of aromatic amines is 1. The molecule has 1 aromatic heterocycles. The Kier molecular flexibility index (Phi) is 5.20. The quantitative estimate of drug-likeness (QED) is 0.532. The summed E-state index contributed by atoms with van der Waals surface area (Å²) in [5.41, 5.74) is 3.05. The van der Waals surface area contributed by atoms with E-state index in [4.69, 9.17) is 0 Å². The van der Waals surface area contributed by atoms with E-state index in [1.165, 1.54) is 6.07 Å². The van der Waals surface area contributed by atoms with Gasteiger partial charge in [-0.05, 0) is 52.2 Å². The van der Waals surface area contributed by atoms with Gasteiger partial charge in [0.2, 0.25) is 0 Å². The minimum Gasteiger partial charge on any atom is -0.322 e. The summed E-state index contributed by atoms with van der Waals surface area (Å²) >= 11 is 0. The highest BCUT2D eigenvalue weighted by Gasteiger charge is 2.13. The highest BCUT2D eigenvalue weighted by atomic mass is 19.1. The second-order valence-electron chi connectivity index (χ2n) is 6.24. The fourth-order valence-corrected chi connectivity index (χ4v) is 2.84. The van der Waals surface area contributed by atoms with Crippen LogP contribution in [0, 0.1) is 5.82 Å². The van der Waals surface area contributed by atoms with E-state index in [1.807, 2.05) is 36.4 Å². The topological polar surface area (TPSA) is 83.6 Å². The zero-order chi connectivity index (χ0) is 20.1. The molecule has 0 aliphatic carbocycles. The normalized spacial score (nSPS) is 10.9. The minimum absolute atomic E-state index is 0.0147. The smallest absolute Gasteiger partial charge is 0.258 e. The Morgan fingerprint density at radius 3 is 2.59 bits per heavy atom. The third-order valence-corrected chi connectivity index (χ3v) is 4.25. The number of hydrogen-bond donors (Lipinski definition) is 2. The summed E-state index contributed by atoms with van der Waals surface area (Å²) in [6.07, 6.45) is 3.48. The van der Waals surface area contributed by atoms with Gasteiger partial charge in [-0.15, -0.1) is 10.2 Å². The molecular weight excluding hydrogens is 369 g/mol. The predicted octanol–water partition coefficient (Wildman–Crippen LogP) is 4.43. The van der Waals surface area contributed by atoms with Gasteiger partial charge in [-0.2, -0.15) is 5.21 Å². The number of hydrogen-bond acceptors (Lipinski definition) is 4. The third kappa shape index (κ3) is 4.41. The van der Waals surface area contributed by atoms with Crippen molar-refractivity contribution >= 4 is 23.7 Å². The van der Waals surface area contributed by atoms with E-state index in [1.54, 1.807) is 42.5 Å². The standard InChI is InChI=1S/C22H16FN5O/c23-20-11-10-17(16-6-2-1-3-7-16)14-19(20)22(29)24-18-8-4-5-15(13-18)9-12-21-25-27-28-26-21/h1-14H,(H,24,29)(H,25,26,27,28)/b12-9+. The Morgan fingerprint density at radius 2 is 1.79 bits per heavy atom. The van der Waals surface area contributed by atoms with E-state index in [9.17, 15) is 9.18 Å². The van der Waals surface area contributed by atoms with E-state index in [-0.39, 0.29) is 5.56 Å². The highest BCUT2D eigenvalue weighted by molar-refractivity contribution is 6.05. The largest absolute Gasteiger partial charge is 0.322 e. The van der Waals surface area contributed by atoms with Crippen molar-refractivity contribution in [2.45, 2.75) is 0 Å². The Hall–Kier alpha value is -4.13. The van der Waals surface area contributed by atoms with Crippen LogP contribution in [0.15, 0.2) is 72.8 Å². The molecule has 29 heavy (non-hydrogen) atoms. The van der Waals surface area contributed by atoms with Crippen LogP contribution < -0.4 is 5.32 Å². The monoisotopic (exact) mass is 385 g/mol. The van der Waals surface area contributed by atoms with Crippen molar-refractivity contribution in [3.63, 3.8) is 0 Å². The molecule has 0 radical (unpaired) electrons. The van der Waals surface area contributed by atoms with Crippen LogP contribution in [0.1, 0.15) is 21.7 Å². The van der Waals surface area contributed by atoms with Crippen LogP contribution in [0.3, 0.4) is 0 Å². The van der Waals surface area contributed by atoms with E-state index in [0.717, 1.165) is 16.7 Å². The zero-order valence-corrected chi connectivity index (χ0v) is 15.2. The number of amides is 1. The lowest BCUT2D eigenvalue weighted by molar-refractivity contribution is 0.102. The van der Waals surface area contributed by atoms with Crippen molar-refractivity contribution in [1.82, 2.24) is 20.6 Å². The first kappa shape index (κ1) is 18.2. The SMILES string of the molecule is O=C(Nc1cccc(/C=C/c2nn[nH]n2)c1)c1cc(-c2ccccc2)ccc1F. The van der Waals surface area contributed by atoms with Gasteiger partial charge < -0.3 is 5.32 Å². The molecule has 1 amide bonds. The zero-order valence-electron chi connectivity index (χ0n) is 15.2. The van der Waals surface area contributed by atoms with E-state index >= 15 is 0 Å². The molecule has 0 unspecified atom stereocenters. The van der Waals surface area contributed by atoms with Crippen LogP contribution >= 0.6 is 0 Å². The molecule has 0 saturated carbocycles. The average Bonchev–Trinajstić information content (AvgIpc) is 3.27. The van der Waals surface area contributed by atoms with Crippen molar-refractivity contribution in [2.75, 3.05) is 5.32 Å². The van der Waals surface area contributed by atoms with Crippen molar-refractivity contribution in [3.8, 4) is 11.1 Å². The van der Waals surface area contributed by atoms with Gasteiger partial charge in [0, 0.05) is 5.69 Å². The summed E-state index contributed by atoms with van der Waals surface area (Å²) in [4.78, 5) is 12.7. The van der Waals surface area contributed by atoms with Crippen LogP contribution in [0.5, 0.6) is 0 Å². The maximum atomic E-state index is 14.3. The van der Waals surface area contributed by atoms with Crippen molar-refractivity contribution in [3.05, 3.63) is 95.6 Å². The predicted molar refractivity (Wildman–Crippen MR) is 109 cm³/mol. The first-order chi connectivity index (χ1) is 14.2. The van der Waals surface area contributed by atoms with Gasteiger partial charge in [0.05, 0.1) is 5.56 Å². The second kappa shape index (κ2) is 8.26. The van der Waals surface area contributed by atoms with Crippen molar-refractivity contribution < 1.29 is 9.18 Å². The van der Waals surface area contributed by atoms with Gasteiger partial charge in [-0.3, -0.25) is 4.79 Å². The van der Waals surface area contributed by atoms with Crippen LogP contribution in [-0.2, 0) is 0 Å². The molecule has 0 spiro atoms. The van der Waals surface area contributed by atoms with Crippen molar-refractivity contribution in [2.24, 2.45) is 0 Å². The lowest BCUT2D eigenvalue weighted by Crippen LogP contribution is -2.14. The number of anilines is 1. The fraction of sp³-hybridized carbons (Fsp3) is 0. The Balaban J connectivity index is 1.54. The van der Waals surface area contributed by atoms with Gasteiger partial charge in [-0.25, -0.2) is 4.39 Å². The van der Waals surface area contributed by atoms with Gasteiger partial charge in [-0.1, -0.05) is 54.6 Å². The maximum absolute atomic E-state index is 14.3. The molecule has 0 bridgehead atoms. The number of H-pyrrole nitrogens is 1. The summed E-state index contributed by atoms with van der Waals surface area (Å²) in [6.45, 7) is 0. The Morgan fingerprint density at radius 1 is 0.931 bits per heavy atom. The molecule has 7 heteroatoms. The number of carbonyl (C=O) groups is 1. The van der Waals surface area contributed by atoms with Crippen LogP contribution in [0.4, 0.5) is 10.1 Å². The highest BCUT2D eigenvalue weighted by Crippen LogP contribution is 2.23. The molecule has 3 aromatic carbocycles. The minimum atomic E-state index is -0.574. The lowest BCUT2D eigenvalue weighted by atomic mass is 10.0. The summed E-state index contributed by atoms with van der Waals surface area (Å²) in [5, 5.41) is 16.3. The summed E-state index contributed by atoms with van der Waals surface area (Å²) in [6, 6.07) is 21.2. The van der Waals surface area contributed by atoms with Crippen LogP contribution in [-0.4, -0.2) is 26.5 Å². The maximum Gasteiger partial charge on any atom is 0.258 e. The summed E-state index contributed by atoms with van der Waals surface area (Å²) < 4.78 is 14.3. The Labute approximate surface area is 166 Å². The van der Waals surface area contributed by atoms with Crippen molar-refractivity contribution in [1.29, 1.82) is 0 Å². The van der Waals surface area contributed by atoms with E-state index in [2.05, 4.69) is 25.9 Å². The van der Waals surface area contributed by atoms with Gasteiger partial charge in [0.15, 0.2) is 5.82 Å². The summed E-state index contributed by atoms with van der Waals surface area (Å²) in [5.74, 6) is -0.644. The molecule has 142 valence electrons. The van der Waals surface area contributed by atoms with Gasteiger partial charge >= 0.3 is 0 Å². The van der Waals surface area contributed by atoms with Gasteiger partial charge in [0.1, 0.15) is 5.82 Å². The Bertz CT molecular complexity index is 1160. The number of aromatic nitrogens is 4. The summed E-state index contributed by atoms with van der Waals surface area (Å²) in [7, 11) is 0. The number of nitrogens with one attached hydrogen (secondary N) is 2. The molecule has 6 nitrogen and oxygen atoms in total. The van der Waals surface area contributed by atoms with E-state index < -0.39 is 11.7 Å². The molecule has 0 aliphatic rings. The molecule has 0 atom stereocenters. The lowest BCUT2D eigenvalue weighted by Gasteiger charge is -2.09. The first-order valence-corrected chi connectivity index (χ1v) is 8.87. The molecule has 0 aliphatic heterocycles.